The molecule has 0 aliphatic heterocycles. The van der Waals surface area contributed by atoms with Crippen LogP contribution in [0.2, 0.25) is 0 Å². The van der Waals surface area contributed by atoms with Crippen LogP contribution in [0.1, 0.15) is 39.0 Å². The molecule has 0 aliphatic carbocycles. The van der Waals surface area contributed by atoms with Gasteiger partial charge >= 0.3 is 29.6 Å². The summed E-state index contributed by atoms with van der Waals surface area (Å²) >= 11 is 0. The van der Waals surface area contributed by atoms with Gasteiger partial charge in [0.15, 0.2) is 0 Å². The van der Waals surface area contributed by atoms with Crippen molar-refractivity contribution in [2.45, 2.75) is 39.0 Å². The molecule has 0 amide bonds. The third-order valence-corrected chi connectivity index (χ3v) is 1.26. The van der Waals surface area contributed by atoms with Crippen molar-refractivity contribution in [2.24, 2.45) is 0 Å². The van der Waals surface area contributed by atoms with Gasteiger partial charge in [0.05, 0.1) is 0 Å². The van der Waals surface area contributed by atoms with Gasteiger partial charge in [0.2, 0.25) is 0 Å². The van der Waals surface area contributed by atoms with E-state index in [4.69, 9.17) is 0 Å². The molecule has 0 atom stereocenters. The maximum atomic E-state index is 3.66. The van der Waals surface area contributed by atoms with Crippen LogP contribution in [-0.4, -0.2) is 29.6 Å². The second-order valence-corrected chi connectivity index (χ2v) is 2.14. The fourth-order valence-corrected chi connectivity index (χ4v) is 0.715. The summed E-state index contributed by atoms with van der Waals surface area (Å²) in [5, 5.41) is 0. The summed E-state index contributed by atoms with van der Waals surface area (Å²) in [7, 11) is 0. The van der Waals surface area contributed by atoms with Crippen LogP contribution in [0.5, 0.6) is 0 Å². The quantitative estimate of drug-likeness (QED) is 0.309. The van der Waals surface area contributed by atoms with Crippen LogP contribution < -0.4 is 0 Å². The number of hydrogen-bond acceptors (Lipinski definition) is 0. The molecule has 0 unspecified atom stereocenters. The molecule has 0 radical (unpaired) electrons. The van der Waals surface area contributed by atoms with Gasteiger partial charge in [0, 0.05) is 0 Å². The zero-order chi connectivity index (χ0) is 6.24. The van der Waals surface area contributed by atoms with E-state index in [9.17, 15) is 0 Å². The Bertz CT molecular complexity index is 50.5. The first-order chi connectivity index (χ1) is 3.91. The van der Waals surface area contributed by atoms with Gasteiger partial charge in [0.25, 0.3) is 0 Å². The van der Waals surface area contributed by atoms with Crippen molar-refractivity contribution in [2.75, 3.05) is 0 Å². The van der Waals surface area contributed by atoms with Crippen LogP contribution in [0, 0.1) is 0 Å². The molecule has 0 spiro atoms. The average Bonchev–Trinajstić information content (AvgIpc) is 1.81. The van der Waals surface area contributed by atoms with Gasteiger partial charge in [-0.05, 0) is 12.8 Å². The third kappa shape index (κ3) is 12.1. The van der Waals surface area contributed by atoms with Crippen molar-refractivity contribution in [1.29, 1.82) is 0 Å². The van der Waals surface area contributed by atoms with Gasteiger partial charge in [-0.3, -0.25) is 0 Å². The SMILES string of the molecule is C=CCCCCCC.[NaH]. The molecular formula is C8H17Na. The summed E-state index contributed by atoms with van der Waals surface area (Å²) in [5.74, 6) is 0. The van der Waals surface area contributed by atoms with Crippen molar-refractivity contribution < 1.29 is 0 Å². The average molecular weight is 136 g/mol. The Morgan fingerprint density at radius 3 is 2.33 bits per heavy atom. The molecule has 0 heterocycles. The van der Waals surface area contributed by atoms with E-state index in [1.165, 1.54) is 32.1 Å². The van der Waals surface area contributed by atoms with Gasteiger partial charge in [-0.15, -0.1) is 6.58 Å². The number of hydrogen-bond donors (Lipinski definition) is 0. The number of allylic oxidation sites excluding steroid dienone is 1. The minimum absolute atomic E-state index is 0. The molecule has 0 bridgehead atoms. The summed E-state index contributed by atoms with van der Waals surface area (Å²) < 4.78 is 0. The van der Waals surface area contributed by atoms with Gasteiger partial charge in [0.1, 0.15) is 0 Å². The third-order valence-electron chi connectivity index (χ3n) is 1.26. The molecule has 0 aliphatic rings. The van der Waals surface area contributed by atoms with Crippen molar-refractivity contribution in [1.82, 2.24) is 0 Å². The standard InChI is InChI=1S/C8H16.Na.H/c1-3-5-7-8-6-4-2;;/h3H,1,4-8H2,2H3;;. The Labute approximate surface area is 81.0 Å². The van der Waals surface area contributed by atoms with Gasteiger partial charge in [-0.25, -0.2) is 0 Å². The summed E-state index contributed by atoms with van der Waals surface area (Å²) in [6, 6.07) is 0. The van der Waals surface area contributed by atoms with E-state index in [1.54, 1.807) is 0 Å². The van der Waals surface area contributed by atoms with Gasteiger partial charge in [-0.1, -0.05) is 32.3 Å². The second kappa shape index (κ2) is 11.5. The van der Waals surface area contributed by atoms with Crippen molar-refractivity contribution in [3.05, 3.63) is 12.7 Å². The summed E-state index contributed by atoms with van der Waals surface area (Å²) in [4.78, 5) is 0. The van der Waals surface area contributed by atoms with Gasteiger partial charge in [-0.2, -0.15) is 0 Å². The predicted molar refractivity (Wildman–Crippen MR) is 46.1 cm³/mol. The first kappa shape index (κ1) is 12.4. The fourth-order valence-electron chi connectivity index (χ4n) is 0.715. The van der Waals surface area contributed by atoms with E-state index in [0.717, 1.165) is 0 Å². The molecule has 50 valence electrons. The van der Waals surface area contributed by atoms with E-state index in [-0.39, 0.29) is 29.6 Å². The van der Waals surface area contributed by atoms with E-state index in [2.05, 4.69) is 13.5 Å². The van der Waals surface area contributed by atoms with Crippen LogP contribution in [0.4, 0.5) is 0 Å². The van der Waals surface area contributed by atoms with E-state index < -0.39 is 0 Å². The van der Waals surface area contributed by atoms with Crippen LogP contribution >= 0.6 is 0 Å². The Balaban J connectivity index is 0. The van der Waals surface area contributed by atoms with E-state index >= 15 is 0 Å². The first-order valence-corrected chi connectivity index (χ1v) is 3.52. The molecule has 0 aromatic rings. The Hall–Kier alpha value is 0.740. The Morgan fingerprint density at radius 2 is 1.89 bits per heavy atom. The molecule has 0 fully saturated rings. The van der Waals surface area contributed by atoms with Crippen LogP contribution in [-0.2, 0) is 0 Å². The number of unbranched alkanes of at least 4 members (excludes halogenated alkanes) is 4. The van der Waals surface area contributed by atoms with E-state index in [0.29, 0.717) is 0 Å². The summed E-state index contributed by atoms with van der Waals surface area (Å²) in [6.45, 7) is 5.89. The van der Waals surface area contributed by atoms with Crippen LogP contribution in [0.25, 0.3) is 0 Å². The van der Waals surface area contributed by atoms with Crippen LogP contribution in [0.3, 0.4) is 0 Å². The van der Waals surface area contributed by atoms with Crippen LogP contribution in [0.15, 0.2) is 12.7 Å². The first-order valence-electron chi connectivity index (χ1n) is 3.52. The minimum atomic E-state index is 0. The molecule has 1 heteroatoms. The number of rotatable bonds is 5. The molecule has 0 rings (SSSR count). The zero-order valence-electron chi connectivity index (χ0n) is 5.82. The molecule has 0 N–H and O–H groups in total. The molecule has 0 saturated heterocycles. The molecule has 9 heavy (non-hydrogen) atoms. The summed E-state index contributed by atoms with van der Waals surface area (Å²) in [6.07, 6.45) is 8.61. The Kier molecular flexibility index (Phi) is 15.9. The fraction of sp³-hybridized carbons (Fsp3) is 0.750. The molecule has 0 saturated carbocycles. The zero-order valence-corrected chi connectivity index (χ0v) is 5.82. The molecular weight excluding hydrogens is 119 g/mol. The topological polar surface area (TPSA) is 0 Å². The predicted octanol–water partition coefficient (Wildman–Crippen LogP) is 2.49. The normalized spacial score (nSPS) is 8.11. The second-order valence-electron chi connectivity index (χ2n) is 2.14. The van der Waals surface area contributed by atoms with E-state index in [1.807, 2.05) is 6.08 Å². The maximum absolute atomic E-state index is 3.66. The molecule has 0 aromatic heterocycles. The van der Waals surface area contributed by atoms with Gasteiger partial charge < -0.3 is 0 Å². The summed E-state index contributed by atoms with van der Waals surface area (Å²) in [5.41, 5.74) is 0. The molecule has 0 nitrogen and oxygen atoms in total. The van der Waals surface area contributed by atoms with Crippen molar-refractivity contribution in [3.8, 4) is 0 Å². The Morgan fingerprint density at radius 1 is 1.22 bits per heavy atom. The van der Waals surface area contributed by atoms with Crippen molar-refractivity contribution in [3.63, 3.8) is 0 Å². The monoisotopic (exact) mass is 136 g/mol. The van der Waals surface area contributed by atoms with Crippen molar-refractivity contribution >= 4 is 29.6 Å². The molecule has 0 aromatic carbocycles.